The van der Waals surface area contributed by atoms with Gasteiger partial charge in [-0.3, -0.25) is 0 Å². The number of hydrogen-bond acceptors (Lipinski definition) is 2. The van der Waals surface area contributed by atoms with Crippen molar-refractivity contribution in [1.82, 2.24) is 0 Å². The summed E-state index contributed by atoms with van der Waals surface area (Å²) < 4.78 is 2.58. The summed E-state index contributed by atoms with van der Waals surface area (Å²) in [5, 5.41) is 1.62. The monoisotopic (exact) mass is 722 g/mol. The van der Waals surface area contributed by atoms with Gasteiger partial charge in [-0.15, -0.1) is 0 Å². The molecule has 0 amide bonds. The van der Waals surface area contributed by atoms with Gasteiger partial charge < -0.3 is 9.80 Å². The van der Waals surface area contributed by atoms with E-state index >= 15 is 0 Å². The van der Waals surface area contributed by atoms with Crippen LogP contribution in [0.15, 0.2) is 143 Å². The Labute approximate surface area is 318 Å². The topological polar surface area (TPSA) is 9.49 Å². The molecule has 3 nitrogen and oxygen atoms in total. The van der Waals surface area contributed by atoms with Crippen LogP contribution in [0.3, 0.4) is 0 Å². The third-order valence-electron chi connectivity index (χ3n) is 12.1. The molecular formula is C47H46Cl2N3+. The molecule has 0 unspecified atom stereocenters. The molecule has 1 aliphatic carbocycles. The van der Waals surface area contributed by atoms with Gasteiger partial charge in [0.2, 0.25) is 5.69 Å². The normalized spacial score (nSPS) is 21.5. The van der Waals surface area contributed by atoms with E-state index < -0.39 is 0 Å². The maximum Gasteiger partial charge on any atom is 0.209 e. The number of nitrogens with zero attached hydrogens (tertiary/aromatic N) is 3. The number of para-hydroxylation sites is 2. The van der Waals surface area contributed by atoms with Crippen LogP contribution in [0, 0.1) is 0 Å². The molecular weight excluding hydrogens is 677 g/mol. The van der Waals surface area contributed by atoms with Gasteiger partial charge in [-0.1, -0.05) is 79.5 Å². The number of allylic oxidation sites excluding steroid dienone is 7. The first-order chi connectivity index (χ1) is 25.1. The van der Waals surface area contributed by atoms with Crippen molar-refractivity contribution in [3.8, 4) is 0 Å². The minimum Gasteiger partial charge on any atom is -0.344 e. The first kappa shape index (κ1) is 33.5. The Balaban J connectivity index is 1.25. The maximum atomic E-state index is 6.60. The van der Waals surface area contributed by atoms with Gasteiger partial charge in [0, 0.05) is 68.4 Å². The molecule has 4 heterocycles. The lowest BCUT2D eigenvalue weighted by Crippen LogP contribution is -2.34. The molecule has 4 aromatic carbocycles. The van der Waals surface area contributed by atoms with Crippen LogP contribution >= 0.6 is 23.2 Å². The van der Waals surface area contributed by atoms with Crippen LogP contribution in [0.5, 0.6) is 0 Å². The standard InChI is InChI=1S/C47H46Cl2N3/c1-46(2)39-29-35(48)21-23-41(39)50-25-11-13-33(44(46)50)27-31-19-20-32(43(31)52(37-15-7-5-8-16-37)38-17-9-6-10-18-38)28-34-14-12-26-51-42-24-22-36(49)30-40(42)47(3,4)45(34)51/h5-10,15-18,21-24,27-30H,11-14,19-20,25-26H2,1-4H3/q+1. The van der Waals surface area contributed by atoms with Gasteiger partial charge in [-0.05, 0) is 129 Å². The summed E-state index contributed by atoms with van der Waals surface area (Å²) in [5.41, 5.74) is 17.3. The highest BCUT2D eigenvalue weighted by atomic mass is 35.5. The number of fused-ring (bicyclic) bond motifs is 5. The van der Waals surface area contributed by atoms with Crippen LogP contribution in [-0.4, -0.2) is 23.4 Å². The van der Waals surface area contributed by atoms with E-state index in [-0.39, 0.29) is 10.8 Å². The van der Waals surface area contributed by atoms with Gasteiger partial charge in [0.25, 0.3) is 0 Å². The van der Waals surface area contributed by atoms with Gasteiger partial charge >= 0.3 is 0 Å². The van der Waals surface area contributed by atoms with Crippen LogP contribution < -0.4 is 9.80 Å². The summed E-state index contributed by atoms with van der Waals surface area (Å²) in [4.78, 5) is 5.10. The Kier molecular flexibility index (Phi) is 8.17. The van der Waals surface area contributed by atoms with Crippen LogP contribution in [0.2, 0.25) is 10.0 Å². The van der Waals surface area contributed by atoms with Crippen molar-refractivity contribution in [1.29, 1.82) is 0 Å². The van der Waals surface area contributed by atoms with Crippen molar-refractivity contribution >= 4 is 51.7 Å². The van der Waals surface area contributed by atoms with Gasteiger partial charge in [0.15, 0.2) is 5.71 Å². The van der Waals surface area contributed by atoms with E-state index in [1.165, 1.54) is 73.3 Å². The number of anilines is 3. The van der Waals surface area contributed by atoms with Crippen LogP contribution in [0.25, 0.3) is 0 Å². The summed E-state index contributed by atoms with van der Waals surface area (Å²) in [6, 6.07) is 34.8. The van der Waals surface area contributed by atoms with E-state index in [1.54, 1.807) is 0 Å². The molecule has 0 radical (unpaired) electrons. The predicted octanol–water partition coefficient (Wildman–Crippen LogP) is 12.7. The first-order valence-electron chi connectivity index (χ1n) is 18.9. The smallest absolute Gasteiger partial charge is 0.209 e. The number of halogens is 2. The molecule has 9 rings (SSSR count). The zero-order valence-corrected chi connectivity index (χ0v) is 32.2. The minimum absolute atomic E-state index is 0.132. The zero-order valence-electron chi connectivity index (χ0n) is 30.6. The summed E-state index contributed by atoms with van der Waals surface area (Å²) in [7, 11) is 0. The third-order valence-corrected chi connectivity index (χ3v) is 12.5. The zero-order chi connectivity index (χ0) is 35.8. The number of benzene rings is 4. The Morgan fingerprint density at radius 1 is 0.654 bits per heavy atom. The minimum atomic E-state index is -0.132. The second-order valence-corrected chi connectivity index (χ2v) is 16.9. The lowest BCUT2D eigenvalue weighted by molar-refractivity contribution is -0.441. The van der Waals surface area contributed by atoms with Crippen molar-refractivity contribution in [3.63, 3.8) is 0 Å². The van der Waals surface area contributed by atoms with E-state index in [0.29, 0.717) is 0 Å². The molecule has 0 fully saturated rings. The summed E-state index contributed by atoms with van der Waals surface area (Å²) in [6.07, 6.45) is 11.6. The molecule has 0 N–H and O–H groups in total. The fourth-order valence-electron chi connectivity index (χ4n) is 9.91. The van der Waals surface area contributed by atoms with Gasteiger partial charge in [0.1, 0.15) is 6.54 Å². The first-order valence-corrected chi connectivity index (χ1v) is 19.7. The fourth-order valence-corrected chi connectivity index (χ4v) is 10.3. The Bertz CT molecular complexity index is 2230. The Morgan fingerprint density at radius 2 is 1.31 bits per heavy atom. The van der Waals surface area contributed by atoms with E-state index in [2.05, 4.69) is 139 Å². The van der Waals surface area contributed by atoms with Crippen molar-refractivity contribution < 1.29 is 4.58 Å². The summed E-state index contributed by atoms with van der Waals surface area (Å²) >= 11 is 13.2. The highest BCUT2D eigenvalue weighted by Crippen LogP contribution is 2.53. The molecule has 0 bridgehead atoms. The third kappa shape index (κ3) is 5.34. The average molecular weight is 724 g/mol. The molecule has 0 saturated carbocycles. The number of rotatable bonds is 5. The van der Waals surface area contributed by atoms with Gasteiger partial charge in [-0.25, -0.2) is 0 Å². The summed E-state index contributed by atoms with van der Waals surface area (Å²) in [5.74, 6) is 0. The van der Waals surface area contributed by atoms with Crippen molar-refractivity contribution in [3.05, 3.63) is 164 Å². The molecule has 0 aromatic heterocycles. The largest absolute Gasteiger partial charge is 0.344 e. The van der Waals surface area contributed by atoms with E-state index in [0.717, 1.165) is 61.7 Å². The molecule has 262 valence electrons. The molecule has 0 saturated heterocycles. The van der Waals surface area contributed by atoms with Crippen LogP contribution in [0.4, 0.5) is 22.7 Å². The number of hydrogen-bond donors (Lipinski definition) is 0. The fraction of sp³-hybridized carbons (Fsp3) is 0.298. The Morgan fingerprint density at radius 3 is 2.02 bits per heavy atom. The van der Waals surface area contributed by atoms with E-state index in [1.807, 2.05) is 12.1 Å². The Hall–Kier alpha value is -4.31. The average Bonchev–Trinajstić information content (AvgIpc) is 3.71. The van der Waals surface area contributed by atoms with Gasteiger partial charge in [0.05, 0.1) is 11.1 Å². The predicted molar refractivity (Wildman–Crippen MR) is 219 cm³/mol. The molecule has 5 heteroatoms. The molecule has 4 aliphatic heterocycles. The molecule has 0 spiro atoms. The van der Waals surface area contributed by atoms with E-state index in [9.17, 15) is 0 Å². The molecule has 52 heavy (non-hydrogen) atoms. The van der Waals surface area contributed by atoms with E-state index in [4.69, 9.17) is 23.2 Å². The lowest BCUT2D eigenvalue weighted by atomic mass is 9.77. The summed E-state index contributed by atoms with van der Waals surface area (Å²) in [6.45, 7) is 11.6. The van der Waals surface area contributed by atoms with Crippen LogP contribution in [-0.2, 0) is 10.8 Å². The second kappa shape index (κ2) is 12.7. The SMILES string of the molecule is CC1(C)C2=C(/C=C3/CCC(/C=C4\CCC[N+]5=C4C(C)(C)c4cc(Cl)ccc45)=C3N(c3ccccc3)c3ccccc3)CCCN2c2ccc(Cl)cc21. The molecule has 4 aromatic rings. The maximum absolute atomic E-state index is 6.60. The highest BCUT2D eigenvalue weighted by Gasteiger charge is 2.49. The van der Waals surface area contributed by atoms with Crippen molar-refractivity contribution in [2.75, 3.05) is 22.9 Å². The highest BCUT2D eigenvalue weighted by molar-refractivity contribution is 6.31. The quantitative estimate of drug-likeness (QED) is 0.190. The van der Waals surface area contributed by atoms with Crippen LogP contribution in [0.1, 0.15) is 77.3 Å². The van der Waals surface area contributed by atoms with Crippen molar-refractivity contribution in [2.24, 2.45) is 0 Å². The second-order valence-electron chi connectivity index (χ2n) is 16.0. The van der Waals surface area contributed by atoms with Gasteiger partial charge in [-0.2, -0.15) is 4.58 Å². The molecule has 0 atom stereocenters. The van der Waals surface area contributed by atoms with Crippen molar-refractivity contribution in [2.45, 2.75) is 77.0 Å². The molecule has 5 aliphatic rings. The lowest BCUT2D eigenvalue weighted by Gasteiger charge is -2.34.